The van der Waals surface area contributed by atoms with E-state index in [1.165, 1.54) is 12.5 Å². The third-order valence-corrected chi connectivity index (χ3v) is 5.47. The Morgan fingerprint density at radius 2 is 2.20 bits per heavy atom. The highest BCUT2D eigenvalue weighted by Gasteiger charge is 2.26. The smallest absolute Gasteiger partial charge is 0.225 e. The van der Waals surface area contributed by atoms with Crippen molar-refractivity contribution in [3.05, 3.63) is 29.3 Å². The molecule has 25 heavy (non-hydrogen) atoms. The van der Waals surface area contributed by atoms with Gasteiger partial charge >= 0.3 is 0 Å². The van der Waals surface area contributed by atoms with Crippen LogP contribution in [0.25, 0.3) is 0 Å². The summed E-state index contributed by atoms with van der Waals surface area (Å²) in [6, 6.07) is 1.97. The maximum atomic E-state index is 12.1. The van der Waals surface area contributed by atoms with Gasteiger partial charge in [-0.1, -0.05) is 0 Å². The number of H-pyrrole nitrogens is 1. The maximum absolute atomic E-state index is 12.1. The van der Waals surface area contributed by atoms with Crippen LogP contribution in [0.15, 0.2) is 17.2 Å². The molecule has 9 heteroatoms. The summed E-state index contributed by atoms with van der Waals surface area (Å²) in [7, 11) is -1.49. The summed E-state index contributed by atoms with van der Waals surface area (Å²) in [5.41, 5.74) is 2.49. The van der Waals surface area contributed by atoms with Crippen molar-refractivity contribution in [2.24, 2.45) is 0 Å². The fraction of sp³-hybridized carbons (Fsp3) is 0.562. The molecule has 0 radical (unpaired) electrons. The number of hydrogen-bond acceptors (Lipinski definition) is 7. The lowest BCUT2D eigenvalue weighted by atomic mass is 9.96. The Bertz CT molecular complexity index is 842. The highest BCUT2D eigenvalue weighted by Crippen LogP contribution is 2.28. The Kier molecular flexibility index (Phi) is 5.05. The number of nitrogens with zero attached hydrogens (tertiary/aromatic N) is 4. The summed E-state index contributed by atoms with van der Waals surface area (Å²) >= 11 is 0. The van der Waals surface area contributed by atoms with E-state index in [2.05, 4.69) is 25.5 Å². The molecule has 1 atom stereocenters. The van der Waals surface area contributed by atoms with Crippen molar-refractivity contribution in [2.45, 2.75) is 37.1 Å². The third kappa shape index (κ3) is 4.16. The normalized spacial score (nSPS) is 18.3. The Balaban J connectivity index is 1.92. The number of aryl methyl sites for hydroxylation is 1. The fourth-order valence-electron chi connectivity index (χ4n) is 3.09. The van der Waals surface area contributed by atoms with Crippen molar-refractivity contribution in [3.63, 3.8) is 0 Å². The van der Waals surface area contributed by atoms with E-state index in [-0.39, 0.29) is 10.8 Å². The van der Waals surface area contributed by atoms with Gasteiger partial charge in [0, 0.05) is 31.5 Å². The molecular weight excluding hydrogens is 340 g/mol. The number of anilines is 1. The zero-order valence-electron chi connectivity index (χ0n) is 14.8. The summed E-state index contributed by atoms with van der Waals surface area (Å²) in [4.78, 5) is 11.0. The van der Waals surface area contributed by atoms with Crippen LogP contribution in [-0.4, -0.2) is 55.0 Å². The van der Waals surface area contributed by atoms with Gasteiger partial charge in [-0.2, -0.15) is 5.10 Å². The molecule has 0 aromatic carbocycles. The monoisotopic (exact) mass is 364 g/mol. The second-order valence-electron chi connectivity index (χ2n) is 6.63. The number of nitrogens with one attached hydrogen (secondary N) is 2. The molecule has 0 bridgehead atoms. The minimum atomic E-state index is -3.37. The Hall–Kier alpha value is -2.00. The first kappa shape index (κ1) is 17.8. The SMILES string of the molecule is Cc1cc(CN(C)c2ncc(S(C)(=O)=O)c([C@H]3CCCNC3)n2)n[nH]1. The molecule has 0 amide bonds. The zero-order chi connectivity index (χ0) is 18.0. The molecule has 2 aromatic rings. The predicted molar refractivity (Wildman–Crippen MR) is 95.4 cm³/mol. The lowest BCUT2D eigenvalue weighted by Gasteiger charge is -2.25. The molecule has 136 valence electrons. The Morgan fingerprint density at radius 1 is 1.40 bits per heavy atom. The lowest BCUT2D eigenvalue weighted by Crippen LogP contribution is -2.30. The lowest BCUT2D eigenvalue weighted by molar-refractivity contribution is 0.447. The van der Waals surface area contributed by atoms with Gasteiger partial charge in [0.1, 0.15) is 4.90 Å². The van der Waals surface area contributed by atoms with E-state index in [0.29, 0.717) is 18.2 Å². The summed E-state index contributed by atoms with van der Waals surface area (Å²) in [6.45, 7) is 4.19. The topological polar surface area (TPSA) is 104 Å². The molecular formula is C16H24N6O2S. The van der Waals surface area contributed by atoms with Gasteiger partial charge in [-0.05, 0) is 32.4 Å². The number of piperidine rings is 1. The molecule has 1 aliphatic rings. The van der Waals surface area contributed by atoms with Gasteiger partial charge in [-0.3, -0.25) is 5.10 Å². The quantitative estimate of drug-likeness (QED) is 0.816. The van der Waals surface area contributed by atoms with Crippen LogP contribution in [0.4, 0.5) is 5.95 Å². The maximum Gasteiger partial charge on any atom is 0.225 e. The second-order valence-corrected chi connectivity index (χ2v) is 8.62. The van der Waals surface area contributed by atoms with Crippen molar-refractivity contribution in [1.29, 1.82) is 0 Å². The Labute approximate surface area is 148 Å². The van der Waals surface area contributed by atoms with E-state index < -0.39 is 9.84 Å². The van der Waals surface area contributed by atoms with Crippen LogP contribution in [0, 0.1) is 6.92 Å². The van der Waals surface area contributed by atoms with Crippen molar-refractivity contribution < 1.29 is 8.42 Å². The van der Waals surface area contributed by atoms with Gasteiger partial charge < -0.3 is 10.2 Å². The number of aromatic amines is 1. The van der Waals surface area contributed by atoms with Crippen LogP contribution >= 0.6 is 0 Å². The number of aromatic nitrogens is 4. The average molecular weight is 364 g/mol. The minimum Gasteiger partial charge on any atom is -0.338 e. The van der Waals surface area contributed by atoms with E-state index in [1.807, 2.05) is 24.9 Å². The molecule has 0 spiro atoms. The highest BCUT2D eigenvalue weighted by molar-refractivity contribution is 7.90. The molecule has 3 rings (SSSR count). The van der Waals surface area contributed by atoms with Gasteiger partial charge in [0.05, 0.1) is 24.1 Å². The minimum absolute atomic E-state index is 0.0845. The predicted octanol–water partition coefficient (Wildman–Crippen LogP) is 1.02. The first-order valence-electron chi connectivity index (χ1n) is 8.34. The summed E-state index contributed by atoms with van der Waals surface area (Å²) < 4.78 is 24.3. The molecule has 3 heterocycles. The van der Waals surface area contributed by atoms with Crippen LogP contribution in [-0.2, 0) is 16.4 Å². The van der Waals surface area contributed by atoms with Gasteiger partial charge in [0.25, 0.3) is 0 Å². The van der Waals surface area contributed by atoms with Crippen molar-refractivity contribution in [2.75, 3.05) is 31.3 Å². The van der Waals surface area contributed by atoms with Gasteiger partial charge in [0.2, 0.25) is 5.95 Å². The molecule has 0 unspecified atom stereocenters. The zero-order valence-corrected chi connectivity index (χ0v) is 15.6. The summed E-state index contributed by atoms with van der Waals surface area (Å²) in [5, 5.41) is 10.5. The summed E-state index contributed by atoms with van der Waals surface area (Å²) in [6.07, 6.45) is 4.58. The van der Waals surface area contributed by atoms with E-state index >= 15 is 0 Å². The molecule has 1 saturated heterocycles. The van der Waals surface area contributed by atoms with Crippen molar-refractivity contribution >= 4 is 15.8 Å². The standard InChI is InChI=1S/C16H24N6O2S/c1-11-7-13(21-20-11)10-22(2)16-18-9-14(25(3,23)24)15(19-16)12-5-4-6-17-8-12/h7,9,12,17H,4-6,8,10H2,1-3H3,(H,20,21)/t12-/m0/s1. The van der Waals surface area contributed by atoms with Gasteiger partial charge in [0.15, 0.2) is 9.84 Å². The van der Waals surface area contributed by atoms with Crippen LogP contribution in [0.5, 0.6) is 0 Å². The molecule has 0 saturated carbocycles. The Morgan fingerprint density at radius 3 is 2.80 bits per heavy atom. The first-order valence-corrected chi connectivity index (χ1v) is 10.2. The molecule has 2 N–H and O–H groups in total. The largest absolute Gasteiger partial charge is 0.338 e. The third-order valence-electron chi connectivity index (χ3n) is 4.35. The van der Waals surface area contributed by atoms with Gasteiger partial charge in [-0.15, -0.1) is 0 Å². The van der Waals surface area contributed by atoms with E-state index in [4.69, 9.17) is 0 Å². The average Bonchev–Trinajstić information content (AvgIpc) is 2.99. The number of hydrogen-bond donors (Lipinski definition) is 2. The van der Waals surface area contributed by atoms with Crippen LogP contribution < -0.4 is 10.2 Å². The van der Waals surface area contributed by atoms with Crippen LogP contribution in [0.1, 0.15) is 35.8 Å². The van der Waals surface area contributed by atoms with E-state index in [0.717, 1.165) is 37.3 Å². The number of sulfone groups is 1. The second kappa shape index (κ2) is 7.09. The molecule has 0 aliphatic carbocycles. The fourth-order valence-corrected chi connectivity index (χ4v) is 3.93. The van der Waals surface area contributed by atoms with Crippen molar-refractivity contribution in [3.8, 4) is 0 Å². The van der Waals surface area contributed by atoms with Crippen molar-refractivity contribution in [1.82, 2.24) is 25.5 Å². The summed E-state index contributed by atoms with van der Waals surface area (Å²) in [5.74, 6) is 0.592. The molecule has 2 aromatic heterocycles. The first-order chi connectivity index (χ1) is 11.8. The highest BCUT2D eigenvalue weighted by atomic mass is 32.2. The van der Waals surface area contributed by atoms with E-state index in [1.54, 1.807) is 0 Å². The molecule has 1 aliphatic heterocycles. The van der Waals surface area contributed by atoms with Gasteiger partial charge in [-0.25, -0.2) is 18.4 Å². The molecule has 8 nitrogen and oxygen atoms in total. The van der Waals surface area contributed by atoms with E-state index in [9.17, 15) is 8.42 Å². The van der Waals surface area contributed by atoms with Crippen LogP contribution in [0.2, 0.25) is 0 Å². The molecule has 1 fully saturated rings. The van der Waals surface area contributed by atoms with Crippen LogP contribution in [0.3, 0.4) is 0 Å². The number of rotatable bonds is 5.